The summed E-state index contributed by atoms with van der Waals surface area (Å²) in [6.07, 6.45) is 0. The standard InChI is InChI=1S/C15H13F2NO4S2/c1-9-6-7-10(8-11(9)14(19)20)24(21,22)18-12-4-2-3-5-13(12)23-15(16)17/h2-8,15,18H,1H3,(H,19,20). The van der Waals surface area contributed by atoms with Gasteiger partial charge in [-0.1, -0.05) is 30.0 Å². The predicted octanol–water partition coefficient (Wildman–Crippen LogP) is 3.81. The summed E-state index contributed by atoms with van der Waals surface area (Å²) in [5, 5.41) is 9.09. The lowest BCUT2D eigenvalue weighted by molar-refractivity contribution is 0.0696. The van der Waals surface area contributed by atoms with E-state index in [1.165, 1.54) is 36.4 Å². The minimum atomic E-state index is -4.12. The van der Waals surface area contributed by atoms with E-state index < -0.39 is 21.8 Å². The molecule has 2 aromatic rings. The lowest BCUT2D eigenvalue weighted by atomic mass is 10.1. The maximum Gasteiger partial charge on any atom is 0.335 e. The summed E-state index contributed by atoms with van der Waals surface area (Å²) in [7, 11) is -4.12. The molecule has 2 aromatic carbocycles. The van der Waals surface area contributed by atoms with Crippen LogP contribution >= 0.6 is 11.8 Å². The Hall–Kier alpha value is -2.13. The maximum absolute atomic E-state index is 12.6. The number of para-hydroxylation sites is 1. The number of aryl methyl sites for hydroxylation is 1. The number of halogens is 2. The highest BCUT2D eigenvalue weighted by Gasteiger charge is 2.20. The molecule has 9 heteroatoms. The van der Waals surface area contributed by atoms with E-state index in [1.807, 2.05) is 0 Å². The number of sulfonamides is 1. The zero-order valence-electron chi connectivity index (χ0n) is 12.4. The molecule has 0 aromatic heterocycles. The van der Waals surface area contributed by atoms with Crippen molar-refractivity contribution in [3.05, 3.63) is 53.6 Å². The first-order chi connectivity index (χ1) is 11.2. The van der Waals surface area contributed by atoms with Crippen LogP contribution in [-0.4, -0.2) is 25.3 Å². The summed E-state index contributed by atoms with van der Waals surface area (Å²) >= 11 is 0.217. The zero-order valence-corrected chi connectivity index (χ0v) is 14.0. The fourth-order valence-electron chi connectivity index (χ4n) is 1.95. The molecule has 0 bridgehead atoms. The summed E-state index contributed by atoms with van der Waals surface area (Å²) in [5.74, 6) is -3.95. The molecule has 0 saturated heterocycles. The Bertz CT molecular complexity index is 870. The Morgan fingerprint density at radius 2 is 1.88 bits per heavy atom. The number of carboxylic acid groups (broad SMARTS) is 1. The molecule has 2 rings (SSSR count). The van der Waals surface area contributed by atoms with Crippen LogP contribution in [0.2, 0.25) is 0 Å². The molecule has 0 radical (unpaired) electrons. The Kier molecular flexibility index (Phi) is 5.45. The van der Waals surface area contributed by atoms with Gasteiger partial charge in [-0.2, -0.15) is 8.78 Å². The normalized spacial score (nSPS) is 11.5. The molecule has 0 amide bonds. The molecule has 0 spiro atoms. The van der Waals surface area contributed by atoms with Crippen molar-refractivity contribution in [2.75, 3.05) is 4.72 Å². The number of carboxylic acids is 1. The van der Waals surface area contributed by atoms with Crippen molar-refractivity contribution in [3.63, 3.8) is 0 Å². The molecule has 0 atom stereocenters. The second-order valence-electron chi connectivity index (χ2n) is 4.76. The molecule has 0 aliphatic carbocycles. The molecule has 0 heterocycles. The summed E-state index contributed by atoms with van der Waals surface area (Å²) in [5.41, 5.74) is 0.267. The molecule has 128 valence electrons. The van der Waals surface area contributed by atoms with E-state index >= 15 is 0 Å². The summed E-state index contributed by atoms with van der Waals surface area (Å²) < 4.78 is 52.2. The van der Waals surface area contributed by atoms with E-state index in [0.29, 0.717) is 5.56 Å². The summed E-state index contributed by atoms with van der Waals surface area (Å²) in [4.78, 5) is 10.9. The van der Waals surface area contributed by atoms with Crippen LogP contribution in [0.1, 0.15) is 15.9 Å². The number of carbonyl (C=O) groups is 1. The highest BCUT2D eigenvalue weighted by molar-refractivity contribution is 7.99. The molecule has 0 unspecified atom stereocenters. The van der Waals surface area contributed by atoms with Crippen molar-refractivity contribution in [3.8, 4) is 0 Å². The van der Waals surface area contributed by atoms with Gasteiger partial charge in [-0.15, -0.1) is 0 Å². The van der Waals surface area contributed by atoms with Gasteiger partial charge in [0.1, 0.15) is 0 Å². The second-order valence-corrected chi connectivity index (χ2v) is 7.48. The highest BCUT2D eigenvalue weighted by Crippen LogP contribution is 2.33. The fourth-order valence-corrected chi connectivity index (χ4v) is 3.72. The third-order valence-corrected chi connectivity index (χ3v) is 5.25. The van der Waals surface area contributed by atoms with Gasteiger partial charge in [0, 0.05) is 4.90 Å². The number of hydrogen-bond donors (Lipinski definition) is 2. The van der Waals surface area contributed by atoms with Gasteiger partial charge < -0.3 is 5.11 Å². The quantitative estimate of drug-likeness (QED) is 0.753. The third-order valence-electron chi connectivity index (χ3n) is 3.10. The first-order valence-corrected chi connectivity index (χ1v) is 8.97. The maximum atomic E-state index is 12.6. The SMILES string of the molecule is Cc1ccc(S(=O)(=O)Nc2ccccc2SC(F)F)cc1C(=O)O. The van der Waals surface area contributed by atoms with E-state index in [2.05, 4.69) is 4.72 Å². The number of nitrogens with one attached hydrogen (secondary N) is 1. The molecular weight excluding hydrogens is 360 g/mol. The van der Waals surface area contributed by atoms with Crippen LogP contribution in [0, 0.1) is 6.92 Å². The second kappa shape index (κ2) is 7.18. The Labute approximate surface area is 141 Å². The molecule has 0 saturated carbocycles. The predicted molar refractivity (Wildman–Crippen MR) is 87.2 cm³/mol. The van der Waals surface area contributed by atoms with Gasteiger partial charge in [-0.25, -0.2) is 13.2 Å². The van der Waals surface area contributed by atoms with E-state index in [9.17, 15) is 22.0 Å². The molecule has 5 nitrogen and oxygen atoms in total. The van der Waals surface area contributed by atoms with Gasteiger partial charge >= 0.3 is 5.97 Å². The molecule has 0 aliphatic heterocycles. The number of benzene rings is 2. The van der Waals surface area contributed by atoms with Crippen molar-refractivity contribution >= 4 is 33.4 Å². The number of anilines is 1. The number of aromatic carboxylic acids is 1. The number of hydrogen-bond acceptors (Lipinski definition) is 4. The van der Waals surface area contributed by atoms with E-state index in [-0.39, 0.29) is 32.8 Å². The largest absolute Gasteiger partial charge is 0.478 e. The molecular formula is C15H13F2NO4S2. The lowest BCUT2D eigenvalue weighted by Crippen LogP contribution is -2.15. The van der Waals surface area contributed by atoms with Gasteiger partial charge in [0.2, 0.25) is 0 Å². The van der Waals surface area contributed by atoms with Gasteiger partial charge in [-0.3, -0.25) is 4.72 Å². The van der Waals surface area contributed by atoms with Crippen LogP contribution in [0.25, 0.3) is 0 Å². The van der Waals surface area contributed by atoms with Crippen molar-refractivity contribution in [1.29, 1.82) is 0 Å². The topological polar surface area (TPSA) is 83.5 Å². The number of alkyl halides is 2. The smallest absolute Gasteiger partial charge is 0.335 e. The van der Waals surface area contributed by atoms with Crippen LogP contribution in [0.15, 0.2) is 52.3 Å². The van der Waals surface area contributed by atoms with E-state index in [0.717, 1.165) is 6.07 Å². The Balaban J connectivity index is 2.40. The van der Waals surface area contributed by atoms with Gasteiger partial charge in [0.15, 0.2) is 0 Å². The Morgan fingerprint density at radius 3 is 2.50 bits per heavy atom. The van der Waals surface area contributed by atoms with Gasteiger partial charge in [0.25, 0.3) is 15.8 Å². The highest BCUT2D eigenvalue weighted by atomic mass is 32.2. The van der Waals surface area contributed by atoms with Gasteiger partial charge in [-0.05, 0) is 36.8 Å². The first kappa shape index (κ1) is 18.2. The van der Waals surface area contributed by atoms with Crippen molar-refractivity contribution in [1.82, 2.24) is 0 Å². The Morgan fingerprint density at radius 1 is 1.21 bits per heavy atom. The third kappa shape index (κ3) is 4.24. The molecule has 2 N–H and O–H groups in total. The minimum Gasteiger partial charge on any atom is -0.478 e. The first-order valence-electron chi connectivity index (χ1n) is 6.61. The zero-order chi connectivity index (χ0) is 17.9. The van der Waals surface area contributed by atoms with Crippen molar-refractivity contribution in [2.45, 2.75) is 22.5 Å². The number of rotatable bonds is 6. The van der Waals surface area contributed by atoms with Crippen LogP contribution in [0.3, 0.4) is 0 Å². The molecule has 0 fully saturated rings. The molecule has 24 heavy (non-hydrogen) atoms. The number of thioether (sulfide) groups is 1. The van der Waals surface area contributed by atoms with Crippen LogP contribution in [0.4, 0.5) is 14.5 Å². The summed E-state index contributed by atoms with van der Waals surface area (Å²) in [6.45, 7) is 1.54. The van der Waals surface area contributed by atoms with Crippen LogP contribution in [0.5, 0.6) is 0 Å². The fraction of sp³-hybridized carbons (Fsp3) is 0.133. The average Bonchev–Trinajstić information content (AvgIpc) is 2.48. The van der Waals surface area contributed by atoms with E-state index in [4.69, 9.17) is 5.11 Å². The molecule has 0 aliphatic rings. The minimum absolute atomic E-state index is 0.000231. The average molecular weight is 373 g/mol. The van der Waals surface area contributed by atoms with Crippen molar-refractivity contribution in [2.24, 2.45) is 0 Å². The van der Waals surface area contributed by atoms with Crippen LogP contribution in [-0.2, 0) is 10.0 Å². The van der Waals surface area contributed by atoms with Crippen molar-refractivity contribution < 1.29 is 27.1 Å². The van der Waals surface area contributed by atoms with E-state index in [1.54, 1.807) is 6.92 Å². The van der Waals surface area contributed by atoms with Crippen LogP contribution < -0.4 is 4.72 Å². The lowest BCUT2D eigenvalue weighted by Gasteiger charge is -2.13. The monoisotopic (exact) mass is 373 g/mol. The van der Waals surface area contributed by atoms with Gasteiger partial charge in [0.05, 0.1) is 16.1 Å². The summed E-state index contributed by atoms with van der Waals surface area (Å²) in [6, 6.07) is 9.40.